The fourth-order valence-electron chi connectivity index (χ4n) is 5.76. The van der Waals surface area contributed by atoms with Gasteiger partial charge < -0.3 is 24.8 Å². The molecule has 1 spiro atoms. The first-order valence-corrected chi connectivity index (χ1v) is 15.1. The molecule has 0 unspecified atom stereocenters. The highest BCUT2D eigenvalue weighted by Gasteiger charge is 2.43. The van der Waals surface area contributed by atoms with Gasteiger partial charge in [-0.2, -0.15) is 0 Å². The Morgan fingerprint density at radius 1 is 1.19 bits per heavy atom. The second kappa shape index (κ2) is 13.0. The molecule has 10 nitrogen and oxygen atoms in total. The van der Waals surface area contributed by atoms with Crippen molar-refractivity contribution in [2.24, 2.45) is 5.16 Å². The molecule has 4 heterocycles. The van der Waals surface area contributed by atoms with E-state index < -0.39 is 0 Å². The Labute approximate surface area is 247 Å². The maximum atomic E-state index is 13.4. The van der Waals surface area contributed by atoms with Gasteiger partial charge in [0, 0.05) is 67.9 Å². The fraction of sp³-hybridized carbons (Fsp3) is 0.531. The molecule has 1 saturated heterocycles. The molecule has 224 valence electrons. The van der Waals surface area contributed by atoms with Crippen LogP contribution in [0.4, 0.5) is 0 Å². The van der Waals surface area contributed by atoms with Crippen LogP contribution in [-0.4, -0.2) is 70.1 Å². The normalized spacial score (nSPS) is 17.2. The average molecular weight is 575 g/mol. The number of amides is 1. The molecule has 0 radical (unpaired) electrons. The number of hydrogen-bond donors (Lipinski definition) is 2. The number of oxime groups is 1. The van der Waals surface area contributed by atoms with Gasteiger partial charge in [0.25, 0.3) is 5.91 Å². The topological polar surface area (TPSA) is 122 Å². The van der Waals surface area contributed by atoms with Gasteiger partial charge >= 0.3 is 0 Å². The van der Waals surface area contributed by atoms with E-state index in [1.165, 1.54) is 0 Å². The Hall–Kier alpha value is -3.79. The van der Waals surface area contributed by atoms with Gasteiger partial charge in [-0.3, -0.25) is 14.6 Å². The molecule has 0 saturated carbocycles. The summed E-state index contributed by atoms with van der Waals surface area (Å²) in [4.78, 5) is 46.1. The van der Waals surface area contributed by atoms with Gasteiger partial charge in [-0.05, 0) is 38.9 Å². The SMILES string of the molecule is CCC(=O)CCCCC[C@H](NC(=O)C1=NOC2(CCN(C)CC2)C1)c1ncc(-c2cc3ccc(C)nc3cc2OC)[nH]1. The van der Waals surface area contributed by atoms with Crippen LogP contribution in [0.25, 0.3) is 22.2 Å². The number of likely N-dealkylation sites (tertiary alicyclic amines) is 1. The third-order valence-corrected chi connectivity index (χ3v) is 8.51. The molecule has 2 aliphatic heterocycles. The Morgan fingerprint density at radius 3 is 2.76 bits per heavy atom. The maximum absolute atomic E-state index is 13.4. The second-order valence-electron chi connectivity index (χ2n) is 11.7. The average Bonchev–Trinajstić information content (AvgIpc) is 3.65. The summed E-state index contributed by atoms with van der Waals surface area (Å²) in [7, 11) is 3.74. The minimum absolute atomic E-state index is 0.223. The fourth-order valence-corrected chi connectivity index (χ4v) is 5.76. The summed E-state index contributed by atoms with van der Waals surface area (Å²) in [6.07, 6.45) is 8.45. The van der Waals surface area contributed by atoms with E-state index in [2.05, 4.69) is 32.4 Å². The number of ketones is 1. The van der Waals surface area contributed by atoms with E-state index in [-0.39, 0.29) is 23.3 Å². The number of hydrogen-bond acceptors (Lipinski definition) is 8. The number of aromatic nitrogens is 3. The lowest BCUT2D eigenvalue weighted by Crippen LogP contribution is -2.44. The standard InChI is InChI=1S/C32H42N6O4/c1-5-23(39)9-7-6-8-10-25(36-31(40)27-19-32(42-37-27)13-15-38(3)16-14-32)30-33-20-28(35-30)24-17-22-12-11-21(2)34-26(22)18-29(24)41-4/h11-12,17-18,20,25H,5-10,13-16,19H2,1-4H3,(H,33,35)(H,36,40)/t25-/m0/s1. The molecule has 1 fully saturated rings. The molecule has 10 heteroatoms. The second-order valence-corrected chi connectivity index (χ2v) is 11.7. The van der Waals surface area contributed by atoms with Crippen molar-refractivity contribution >= 4 is 28.3 Å². The molecule has 1 aromatic carbocycles. The first-order chi connectivity index (χ1) is 20.3. The van der Waals surface area contributed by atoms with Gasteiger partial charge in [0.05, 0.1) is 30.6 Å². The predicted octanol–water partition coefficient (Wildman–Crippen LogP) is 5.27. The molecule has 2 N–H and O–H groups in total. The first-order valence-electron chi connectivity index (χ1n) is 15.1. The van der Waals surface area contributed by atoms with Crippen LogP contribution in [0.2, 0.25) is 0 Å². The molecule has 42 heavy (non-hydrogen) atoms. The zero-order valence-electron chi connectivity index (χ0n) is 25.2. The summed E-state index contributed by atoms with van der Waals surface area (Å²) in [5.74, 6) is 1.42. The molecular weight excluding hydrogens is 532 g/mol. The molecule has 2 aliphatic rings. The van der Waals surface area contributed by atoms with Crippen LogP contribution >= 0.6 is 0 Å². The number of carbonyl (C=O) groups excluding carboxylic acids is 2. The first kappa shape index (κ1) is 29.7. The van der Waals surface area contributed by atoms with Crippen LogP contribution in [0.15, 0.2) is 35.6 Å². The number of imidazole rings is 1. The summed E-state index contributed by atoms with van der Waals surface area (Å²) in [6, 6.07) is 7.67. The number of Topliss-reactive ketones (excluding diaryl/α,β-unsaturated/α-hetero) is 1. The number of unbranched alkanes of at least 4 members (excludes halogenated alkanes) is 2. The Balaban J connectivity index is 1.33. The number of nitrogens with zero attached hydrogens (tertiary/aromatic N) is 4. The lowest BCUT2D eigenvalue weighted by atomic mass is 9.87. The number of carbonyl (C=O) groups is 2. The smallest absolute Gasteiger partial charge is 0.269 e. The van der Waals surface area contributed by atoms with Gasteiger partial charge in [-0.1, -0.05) is 31.0 Å². The molecule has 1 amide bonds. The van der Waals surface area contributed by atoms with Crippen LogP contribution in [0, 0.1) is 6.92 Å². The number of H-pyrrole nitrogens is 1. The molecule has 2 aromatic heterocycles. The Morgan fingerprint density at radius 2 is 2.00 bits per heavy atom. The molecule has 5 rings (SSSR count). The summed E-state index contributed by atoms with van der Waals surface area (Å²) in [5.41, 5.74) is 3.53. The number of aryl methyl sites for hydroxylation is 1. The largest absolute Gasteiger partial charge is 0.496 e. The van der Waals surface area contributed by atoms with Crippen molar-refractivity contribution < 1.29 is 19.2 Å². The molecule has 1 atom stereocenters. The highest BCUT2D eigenvalue weighted by molar-refractivity contribution is 6.39. The highest BCUT2D eigenvalue weighted by atomic mass is 16.7. The summed E-state index contributed by atoms with van der Waals surface area (Å²) < 4.78 is 5.71. The molecular formula is C32H42N6O4. The quantitative estimate of drug-likeness (QED) is 0.283. The highest BCUT2D eigenvalue weighted by Crippen LogP contribution is 2.36. The van der Waals surface area contributed by atoms with Gasteiger partial charge in [0.15, 0.2) is 0 Å². The van der Waals surface area contributed by atoms with Crippen LogP contribution < -0.4 is 10.1 Å². The van der Waals surface area contributed by atoms with Crippen LogP contribution in [-0.2, 0) is 14.4 Å². The number of piperidine rings is 1. The Kier molecular flexibility index (Phi) is 9.21. The number of ether oxygens (including phenoxy) is 1. The van der Waals surface area contributed by atoms with E-state index in [0.29, 0.717) is 43.0 Å². The van der Waals surface area contributed by atoms with Gasteiger partial charge in [0.2, 0.25) is 0 Å². The summed E-state index contributed by atoms with van der Waals surface area (Å²) in [6.45, 7) is 5.72. The Bertz CT molecular complexity index is 1460. The van der Waals surface area contributed by atoms with Crippen molar-refractivity contribution in [3.05, 3.63) is 42.0 Å². The molecule has 0 bridgehead atoms. The van der Waals surface area contributed by atoms with E-state index in [1.54, 1.807) is 13.3 Å². The summed E-state index contributed by atoms with van der Waals surface area (Å²) in [5, 5.41) is 8.41. The van der Waals surface area contributed by atoms with Crippen LogP contribution in [0.3, 0.4) is 0 Å². The number of fused-ring (bicyclic) bond motifs is 1. The van der Waals surface area contributed by atoms with Crippen molar-refractivity contribution in [3.8, 4) is 17.0 Å². The summed E-state index contributed by atoms with van der Waals surface area (Å²) >= 11 is 0. The van der Waals surface area contributed by atoms with Crippen molar-refractivity contribution in [3.63, 3.8) is 0 Å². The third-order valence-electron chi connectivity index (χ3n) is 8.51. The molecule has 0 aliphatic carbocycles. The van der Waals surface area contributed by atoms with E-state index in [1.807, 2.05) is 38.1 Å². The van der Waals surface area contributed by atoms with Crippen molar-refractivity contribution in [1.82, 2.24) is 25.2 Å². The maximum Gasteiger partial charge on any atom is 0.269 e. The lowest BCUT2D eigenvalue weighted by molar-refractivity contribution is -0.119. The van der Waals surface area contributed by atoms with Crippen molar-refractivity contribution in [2.75, 3.05) is 27.2 Å². The van der Waals surface area contributed by atoms with Crippen molar-refractivity contribution in [1.29, 1.82) is 0 Å². The van der Waals surface area contributed by atoms with E-state index >= 15 is 0 Å². The zero-order valence-corrected chi connectivity index (χ0v) is 25.2. The van der Waals surface area contributed by atoms with Gasteiger partial charge in [0.1, 0.15) is 28.7 Å². The van der Waals surface area contributed by atoms with Crippen LogP contribution in [0.1, 0.15) is 82.3 Å². The predicted molar refractivity (Wildman–Crippen MR) is 162 cm³/mol. The number of benzene rings is 1. The number of rotatable bonds is 12. The van der Waals surface area contributed by atoms with Gasteiger partial charge in [-0.15, -0.1) is 0 Å². The number of aromatic amines is 1. The van der Waals surface area contributed by atoms with Gasteiger partial charge in [-0.25, -0.2) is 4.98 Å². The minimum Gasteiger partial charge on any atom is -0.496 e. The zero-order chi connectivity index (χ0) is 29.7. The molecule has 3 aromatic rings. The number of pyridine rings is 1. The van der Waals surface area contributed by atoms with Crippen LogP contribution in [0.5, 0.6) is 5.75 Å². The van der Waals surface area contributed by atoms with E-state index in [9.17, 15) is 9.59 Å². The minimum atomic E-state index is -0.377. The van der Waals surface area contributed by atoms with Crippen molar-refractivity contribution in [2.45, 2.75) is 83.3 Å². The third kappa shape index (κ3) is 6.81. The lowest BCUT2D eigenvalue weighted by Gasteiger charge is -2.35. The van der Waals surface area contributed by atoms with E-state index in [0.717, 1.165) is 73.0 Å². The number of methoxy groups -OCH3 is 1. The monoisotopic (exact) mass is 574 g/mol. The van der Waals surface area contributed by atoms with E-state index in [4.69, 9.17) is 14.6 Å². The number of nitrogens with one attached hydrogen (secondary N) is 2.